The zero-order valence-corrected chi connectivity index (χ0v) is 11.1. The zero-order chi connectivity index (χ0) is 11.5. The Balaban J connectivity index is 2.34. The molecule has 0 amide bonds. The van der Waals surface area contributed by atoms with Crippen LogP contribution in [0.1, 0.15) is 17.7 Å². The molecular formula is C13H15BrO2. The molecule has 0 aliphatic heterocycles. The summed E-state index contributed by atoms with van der Waals surface area (Å²) in [5.74, 6) is 1.02. The van der Waals surface area contributed by atoms with Gasteiger partial charge in [-0.2, -0.15) is 0 Å². The maximum absolute atomic E-state index is 5.72. The number of aryl methyl sites for hydroxylation is 2. The van der Waals surface area contributed by atoms with E-state index in [1.54, 1.807) is 7.11 Å². The molecule has 0 N–H and O–H groups in total. The third-order valence-corrected chi connectivity index (χ3v) is 3.22. The van der Waals surface area contributed by atoms with E-state index in [9.17, 15) is 0 Å². The number of furan rings is 1. The lowest BCUT2D eigenvalue weighted by atomic mass is 10.1. The largest absolute Gasteiger partial charge is 0.461 e. The highest BCUT2D eigenvalue weighted by molar-refractivity contribution is 9.10. The second-order valence-electron chi connectivity index (χ2n) is 3.87. The molecule has 2 aromatic rings. The zero-order valence-electron chi connectivity index (χ0n) is 9.55. The summed E-state index contributed by atoms with van der Waals surface area (Å²) in [6, 6.07) is 6.13. The number of hydrogen-bond donors (Lipinski definition) is 0. The average Bonchev–Trinajstić information content (AvgIpc) is 2.56. The number of ether oxygens (including phenoxy) is 1. The quantitative estimate of drug-likeness (QED) is 0.789. The fraction of sp³-hybridized carbons (Fsp3) is 0.385. The molecule has 2 nitrogen and oxygen atoms in total. The van der Waals surface area contributed by atoms with Crippen molar-refractivity contribution in [2.75, 3.05) is 13.7 Å². The van der Waals surface area contributed by atoms with Crippen LogP contribution in [0, 0.1) is 6.92 Å². The standard InChI is InChI=1S/C13H15BrO2/c1-9-11(4-3-7-15-2)12-8-10(14)5-6-13(12)16-9/h5-6,8H,3-4,7H2,1-2H3. The molecule has 0 fully saturated rings. The summed E-state index contributed by atoms with van der Waals surface area (Å²) in [6.45, 7) is 2.82. The van der Waals surface area contributed by atoms with E-state index in [0.717, 1.165) is 35.3 Å². The number of hydrogen-bond acceptors (Lipinski definition) is 2. The monoisotopic (exact) mass is 282 g/mol. The molecule has 1 heterocycles. The molecule has 0 saturated heterocycles. The number of fused-ring (bicyclic) bond motifs is 1. The lowest BCUT2D eigenvalue weighted by Gasteiger charge is -2.00. The van der Waals surface area contributed by atoms with Crippen molar-refractivity contribution in [1.82, 2.24) is 0 Å². The third kappa shape index (κ3) is 2.30. The van der Waals surface area contributed by atoms with Crippen molar-refractivity contribution in [1.29, 1.82) is 0 Å². The molecule has 0 unspecified atom stereocenters. The molecule has 1 aromatic carbocycles. The van der Waals surface area contributed by atoms with Gasteiger partial charge < -0.3 is 9.15 Å². The number of halogens is 1. The van der Waals surface area contributed by atoms with Crippen LogP contribution in [0.15, 0.2) is 27.1 Å². The van der Waals surface area contributed by atoms with E-state index >= 15 is 0 Å². The van der Waals surface area contributed by atoms with E-state index in [-0.39, 0.29) is 0 Å². The minimum Gasteiger partial charge on any atom is -0.461 e. The molecule has 1 aromatic heterocycles. The molecule has 0 aliphatic rings. The summed E-state index contributed by atoms with van der Waals surface area (Å²) in [6.07, 6.45) is 2.03. The smallest absolute Gasteiger partial charge is 0.134 e. The van der Waals surface area contributed by atoms with E-state index < -0.39 is 0 Å². The lowest BCUT2D eigenvalue weighted by Crippen LogP contribution is -1.93. The van der Waals surface area contributed by atoms with Gasteiger partial charge in [-0.3, -0.25) is 0 Å². The van der Waals surface area contributed by atoms with E-state index in [0.29, 0.717) is 0 Å². The van der Waals surface area contributed by atoms with E-state index in [1.165, 1.54) is 10.9 Å². The van der Waals surface area contributed by atoms with Gasteiger partial charge in [-0.05, 0) is 38.0 Å². The maximum atomic E-state index is 5.72. The maximum Gasteiger partial charge on any atom is 0.134 e. The van der Waals surface area contributed by atoms with Gasteiger partial charge in [0.25, 0.3) is 0 Å². The Hall–Kier alpha value is -0.800. The molecule has 0 bridgehead atoms. The van der Waals surface area contributed by atoms with Gasteiger partial charge in [-0.15, -0.1) is 0 Å². The second kappa shape index (κ2) is 5.02. The van der Waals surface area contributed by atoms with Crippen LogP contribution in [-0.4, -0.2) is 13.7 Å². The summed E-state index contributed by atoms with van der Waals surface area (Å²) < 4.78 is 11.9. The van der Waals surface area contributed by atoms with E-state index in [4.69, 9.17) is 9.15 Å². The van der Waals surface area contributed by atoms with Crippen molar-refractivity contribution >= 4 is 26.9 Å². The average molecular weight is 283 g/mol. The summed E-state index contributed by atoms with van der Waals surface area (Å²) in [7, 11) is 1.73. The number of methoxy groups -OCH3 is 1. The Labute approximate surface area is 104 Å². The molecule has 0 saturated carbocycles. The van der Waals surface area contributed by atoms with E-state index in [1.807, 2.05) is 19.1 Å². The highest BCUT2D eigenvalue weighted by Gasteiger charge is 2.10. The van der Waals surface area contributed by atoms with Gasteiger partial charge in [0.2, 0.25) is 0 Å². The Bertz CT molecular complexity index is 488. The van der Waals surface area contributed by atoms with Crippen LogP contribution in [0.5, 0.6) is 0 Å². The molecule has 2 rings (SSSR count). The first-order valence-electron chi connectivity index (χ1n) is 5.39. The van der Waals surface area contributed by atoms with Gasteiger partial charge in [0.1, 0.15) is 11.3 Å². The summed E-state index contributed by atoms with van der Waals surface area (Å²) in [4.78, 5) is 0. The van der Waals surface area contributed by atoms with Crippen molar-refractivity contribution in [2.24, 2.45) is 0 Å². The van der Waals surface area contributed by atoms with E-state index in [2.05, 4.69) is 22.0 Å². The molecule has 0 spiro atoms. The van der Waals surface area contributed by atoms with Crippen molar-refractivity contribution in [2.45, 2.75) is 19.8 Å². The Morgan fingerprint density at radius 3 is 2.94 bits per heavy atom. The minimum atomic E-state index is 0.792. The first kappa shape index (κ1) is 11.7. The molecule has 86 valence electrons. The van der Waals surface area contributed by atoms with Crippen LogP contribution >= 0.6 is 15.9 Å². The fourth-order valence-electron chi connectivity index (χ4n) is 1.95. The van der Waals surface area contributed by atoms with Gasteiger partial charge in [-0.25, -0.2) is 0 Å². The minimum absolute atomic E-state index is 0.792. The van der Waals surface area contributed by atoms with Gasteiger partial charge >= 0.3 is 0 Å². The topological polar surface area (TPSA) is 22.4 Å². The molecule has 0 atom stereocenters. The van der Waals surface area contributed by atoms with Crippen LogP contribution in [-0.2, 0) is 11.2 Å². The van der Waals surface area contributed by atoms with Crippen LogP contribution in [0.3, 0.4) is 0 Å². The molecule has 16 heavy (non-hydrogen) atoms. The lowest BCUT2D eigenvalue weighted by molar-refractivity contribution is 0.195. The van der Waals surface area contributed by atoms with Crippen molar-refractivity contribution in [3.05, 3.63) is 34.0 Å². The molecule has 0 radical (unpaired) electrons. The van der Waals surface area contributed by atoms with Crippen LogP contribution in [0.25, 0.3) is 11.0 Å². The van der Waals surface area contributed by atoms with Gasteiger partial charge in [-0.1, -0.05) is 15.9 Å². The molecule has 0 aliphatic carbocycles. The van der Waals surface area contributed by atoms with Crippen LogP contribution in [0.4, 0.5) is 0 Å². The molecule has 3 heteroatoms. The van der Waals surface area contributed by atoms with Crippen molar-refractivity contribution in [3.8, 4) is 0 Å². The first-order chi connectivity index (χ1) is 7.72. The fourth-order valence-corrected chi connectivity index (χ4v) is 2.31. The van der Waals surface area contributed by atoms with Gasteiger partial charge in [0, 0.05) is 29.1 Å². The SMILES string of the molecule is COCCCc1c(C)oc2ccc(Br)cc12. The highest BCUT2D eigenvalue weighted by Crippen LogP contribution is 2.29. The van der Waals surface area contributed by atoms with Crippen LogP contribution < -0.4 is 0 Å². The summed E-state index contributed by atoms with van der Waals surface area (Å²) >= 11 is 3.49. The number of benzene rings is 1. The third-order valence-electron chi connectivity index (χ3n) is 2.73. The second-order valence-corrected chi connectivity index (χ2v) is 4.79. The normalized spacial score (nSPS) is 11.2. The van der Waals surface area contributed by atoms with Gasteiger partial charge in [0.15, 0.2) is 0 Å². The number of rotatable bonds is 4. The Kier molecular flexibility index (Phi) is 3.66. The molecular weight excluding hydrogens is 268 g/mol. The first-order valence-corrected chi connectivity index (χ1v) is 6.18. The van der Waals surface area contributed by atoms with Crippen LogP contribution in [0.2, 0.25) is 0 Å². The van der Waals surface area contributed by atoms with Crippen molar-refractivity contribution < 1.29 is 9.15 Å². The van der Waals surface area contributed by atoms with Gasteiger partial charge in [0.05, 0.1) is 0 Å². The Morgan fingerprint density at radius 1 is 1.38 bits per heavy atom. The Morgan fingerprint density at radius 2 is 2.19 bits per heavy atom. The van der Waals surface area contributed by atoms with Crippen molar-refractivity contribution in [3.63, 3.8) is 0 Å². The predicted octanol–water partition coefficient (Wildman–Crippen LogP) is 4.08. The highest BCUT2D eigenvalue weighted by atomic mass is 79.9. The summed E-state index contributed by atoms with van der Waals surface area (Å²) in [5, 5.41) is 1.21. The predicted molar refractivity (Wildman–Crippen MR) is 68.8 cm³/mol. The summed E-state index contributed by atoms with van der Waals surface area (Å²) in [5.41, 5.74) is 2.27.